The number of hydrogen-bond acceptors (Lipinski definition) is 4. The number of rotatable bonds is 11. The maximum Gasteiger partial charge on any atom is 0.309 e. The molecule has 5 fully saturated rings. The lowest BCUT2D eigenvalue weighted by atomic mass is 9.32. The van der Waals surface area contributed by atoms with Crippen molar-refractivity contribution >= 4 is 17.8 Å². The molecule has 0 aliphatic heterocycles. The fourth-order valence-electron chi connectivity index (χ4n) is 14.0. The molecule has 2 N–H and O–H groups in total. The Labute approximate surface area is 314 Å². The number of ether oxygens (including phenoxy) is 1. The van der Waals surface area contributed by atoms with E-state index in [1.54, 1.807) is 13.8 Å². The fraction of sp³-hybridized carbons (Fsp3) is 0.761. The van der Waals surface area contributed by atoms with Crippen molar-refractivity contribution in [2.75, 3.05) is 6.54 Å². The second-order valence-electron chi connectivity index (χ2n) is 20.4. The summed E-state index contributed by atoms with van der Waals surface area (Å²) in [6, 6.07) is 10.6. The van der Waals surface area contributed by atoms with E-state index in [-0.39, 0.29) is 45.5 Å². The van der Waals surface area contributed by atoms with Crippen LogP contribution in [0.4, 0.5) is 0 Å². The Morgan fingerprint density at radius 2 is 1.60 bits per heavy atom. The SMILES string of the molecule is C=C(C)[C@@H]1CC[C@]2(CC(=O)NCCCc3ccccc3)CC[C@]3(C)[C@H](CC[C@@H]4[C@@]5(C)CC[C@H](OC(=O)CC(C)(C)C(=O)O)C(C)(C)[C@@H]5CC[C@]43C)[C@@H]12. The number of carbonyl (C=O) groups is 3. The molecule has 6 nitrogen and oxygen atoms in total. The minimum Gasteiger partial charge on any atom is -0.481 e. The summed E-state index contributed by atoms with van der Waals surface area (Å²) < 4.78 is 6.19. The van der Waals surface area contributed by atoms with Crippen LogP contribution < -0.4 is 5.32 Å². The molecular weight excluding hydrogens is 647 g/mol. The van der Waals surface area contributed by atoms with E-state index in [9.17, 15) is 19.5 Å². The second-order valence-corrected chi connectivity index (χ2v) is 20.4. The molecule has 0 spiro atoms. The number of hydrogen-bond donors (Lipinski definition) is 2. The van der Waals surface area contributed by atoms with Crippen molar-refractivity contribution in [2.45, 2.75) is 151 Å². The number of nitrogens with one attached hydrogen (secondary N) is 1. The van der Waals surface area contributed by atoms with Crippen LogP contribution in [0.25, 0.3) is 0 Å². The highest BCUT2D eigenvalue weighted by atomic mass is 16.5. The standard InChI is InChI=1S/C46H69NO5/c1-30(2)32-19-24-46(28-37(48)47-27-13-16-31-14-11-10-12-15-31)26-25-44(8)33(39(32)46)17-18-35-43(7)22-21-36(52-38(49)29-41(3,4)40(50)51)42(5,6)34(43)20-23-45(35,44)9/h10-12,14-15,32-36,39H,1,13,16-29H2,2-9H3,(H,47,48)(H,50,51)/t32-,33+,34-,35+,36-,39+,43-,44+,45+,46+/m0/s1. The van der Waals surface area contributed by atoms with Crippen LogP contribution in [-0.4, -0.2) is 35.6 Å². The highest BCUT2D eigenvalue weighted by Gasteiger charge is 2.71. The first-order chi connectivity index (χ1) is 24.3. The van der Waals surface area contributed by atoms with Gasteiger partial charge in [-0.3, -0.25) is 14.4 Å². The number of amides is 1. The third kappa shape index (κ3) is 6.48. The number of benzene rings is 1. The first-order valence-electron chi connectivity index (χ1n) is 20.7. The average Bonchev–Trinajstić information content (AvgIpc) is 3.44. The summed E-state index contributed by atoms with van der Waals surface area (Å²) in [5, 5.41) is 13.0. The van der Waals surface area contributed by atoms with Crippen molar-refractivity contribution in [3.05, 3.63) is 48.0 Å². The molecule has 288 valence electrons. The second kappa shape index (κ2) is 13.9. The maximum absolute atomic E-state index is 13.7. The van der Waals surface area contributed by atoms with Crippen molar-refractivity contribution in [3.63, 3.8) is 0 Å². The fourth-order valence-corrected chi connectivity index (χ4v) is 14.0. The first-order valence-corrected chi connectivity index (χ1v) is 20.7. The molecule has 0 bridgehead atoms. The van der Waals surface area contributed by atoms with Gasteiger partial charge in [0.2, 0.25) is 5.91 Å². The minimum absolute atomic E-state index is 0.0563. The summed E-state index contributed by atoms with van der Waals surface area (Å²) in [5.74, 6) is 1.47. The van der Waals surface area contributed by atoms with E-state index in [1.807, 2.05) is 0 Å². The zero-order chi connectivity index (χ0) is 37.9. The van der Waals surface area contributed by atoms with Crippen LogP contribution >= 0.6 is 0 Å². The highest BCUT2D eigenvalue weighted by Crippen LogP contribution is 2.78. The van der Waals surface area contributed by atoms with E-state index in [0.29, 0.717) is 36.0 Å². The van der Waals surface area contributed by atoms with Crippen molar-refractivity contribution in [2.24, 2.45) is 62.1 Å². The monoisotopic (exact) mass is 716 g/mol. The van der Waals surface area contributed by atoms with Crippen LogP contribution in [0.2, 0.25) is 0 Å². The van der Waals surface area contributed by atoms with Gasteiger partial charge in [0.25, 0.3) is 0 Å². The Morgan fingerprint density at radius 3 is 2.27 bits per heavy atom. The molecule has 5 aliphatic rings. The Hall–Kier alpha value is -2.63. The molecule has 6 rings (SSSR count). The molecule has 52 heavy (non-hydrogen) atoms. The molecular formula is C46H69NO5. The molecule has 5 aliphatic carbocycles. The van der Waals surface area contributed by atoms with Gasteiger partial charge >= 0.3 is 11.9 Å². The quantitative estimate of drug-likeness (QED) is 0.135. The number of fused-ring (bicyclic) bond motifs is 7. The van der Waals surface area contributed by atoms with Crippen LogP contribution in [0.15, 0.2) is 42.5 Å². The van der Waals surface area contributed by atoms with Gasteiger partial charge in [-0.2, -0.15) is 0 Å². The van der Waals surface area contributed by atoms with Crippen LogP contribution in [0.5, 0.6) is 0 Å². The summed E-state index contributed by atoms with van der Waals surface area (Å²) in [4.78, 5) is 38.6. The minimum atomic E-state index is -1.14. The number of aliphatic carboxylic acids is 1. The Balaban J connectivity index is 1.18. The van der Waals surface area contributed by atoms with Crippen LogP contribution in [0, 0.1) is 62.1 Å². The van der Waals surface area contributed by atoms with E-state index in [4.69, 9.17) is 4.74 Å². The number of aryl methyl sites for hydroxylation is 1. The normalized spacial score (nSPS) is 39.2. The molecule has 0 radical (unpaired) electrons. The van der Waals surface area contributed by atoms with Gasteiger partial charge in [0.05, 0.1) is 11.8 Å². The van der Waals surface area contributed by atoms with Crippen LogP contribution in [-0.2, 0) is 25.5 Å². The summed E-state index contributed by atoms with van der Waals surface area (Å²) >= 11 is 0. The smallest absolute Gasteiger partial charge is 0.309 e. The van der Waals surface area contributed by atoms with E-state index < -0.39 is 17.4 Å². The third-order valence-electron chi connectivity index (χ3n) is 16.9. The van der Waals surface area contributed by atoms with Gasteiger partial charge < -0.3 is 15.2 Å². The van der Waals surface area contributed by atoms with Gasteiger partial charge in [0.15, 0.2) is 0 Å². The van der Waals surface area contributed by atoms with Gasteiger partial charge in [-0.1, -0.05) is 77.1 Å². The summed E-state index contributed by atoms with van der Waals surface area (Å²) in [6.07, 6.45) is 13.5. The largest absolute Gasteiger partial charge is 0.481 e. The molecule has 1 aromatic carbocycles. The van der Waals surface area contributed by atoms with E-state index in [1.165, 1.54) is 36.8 Å². The van der Waals surface area contributed by atoms with Crippen molar-refractivity contribution in [1.29, 1.82) is 0 Å². The van der Waals surface area contributed by atoms with Crippen molar-refractivity contribution in [1.82, 2.24) is 5.32 Å². The number of esters is 1. The molecule has 1 amide bonds. The lowest BCUT2D eigenvalue weighted by Crippen LogP contribution is -2.67. The van der Waals surface area contributed by atoms with Gasteiger partial charge in [-0.25, -0.2) is 0 Å². The lowest BCUT2D eigenvalue weighted by molar-refractivity contribution is -0.250. The van der Waals surface area contributed by atoms with Gasteiger partial charge in [-0.05, 0) is 155 Å². The zero-order valence-electron chi connectivity index (χ0n) is 33.7. The molecule has 0 unspecified atom stereocenters. The predicted molar refractivity (Wildman–Crippen MR) is 207 cm³/mol. The lowest BCUT2D eigenvalue weighted by Gasteiger charge is -2.73. The molecule has 6 heteroatoms. The van der Waals surface area contributed by atoms with E-state index in [0.717, 1.165) is 57.9 Å². The Morgan fingerprint density at radius 1 is 0.885 bits per heavy atom. The van der Waals surface area contributed by atoms with Gasteiger partial charge in [0.1, 0.15) is 6.10 Å². The van der Waals surface area contributed by atoms with Crippen LogP contribution in [0.1, 0.15) is 144 Å². The number of allylic oxidation sites excluding steroid dienone is 1. The molecule has 0 saturated heterocycles. The van der Waals surface area contributed by atoms with E-state index >= 15 is 0 Å². The average molecular weight is 716 g/mol. The number of carboxylic acid groups (broad SMARTS) is 1. The Bertz CT molecular complexity index is 1530. The predicted octanol–water partition coefficient (Wildman–Crippen LogP) is 10.2. The summed E-state index contributed by atoms with van der Waals surface area (Å²) in [7, 11) is 0. The van der Waals surface area contributed by atoms with E-state index in [2.05, 4.69) is 83.8 Å². The zero-order valence-corrected chi connectivity index (χ0v) is 33.7. The molecule has 5 saturated carbocycles. The molecule has 10 atom stereocenters. The van der Waals surface area contributed by atoms with Crippen molar-refractivity contribution in [3.8, 4) is 0 Å². The third-order valence-corrected chi connectivity index (χ3v) is 16.9. The molecule has 0 heterocycles. The molecule has 0 aromatic heterocycles. The van der Waals surface area contributed by atoms with Crippen LogP contribution in [0.3, 0.4) is 0 Å². The maximum atomic E-state index is 13.7. The topological polar surface area (TPSA) is 92.7 Å². The van der Waals surface area contributed by atoms with Gasteiger partial charge in [-0.15, -0.1) is 0 Å². The first kappa shape index (κ1) is 39.1. The number of carboxylic acids is 1. The number of carbonyl (C=O) groups excluding carboxylic acids is 2. The Kier molecular flexibility index (Phi) is 10.4. The van der Waals surface area contributed by atoms with Crippen molar-refractivity contribution < 1.29 is 24.2 Å². The summed E-state index contributed by atoms with van der Waals surface area (Å²) in [6.45, 7) is 23.2. The highest BCUT2D eigenvalue weighted by molar-refractivity contribution is 5.81. The molecule has 1 aromatic rings. The summed E-state index contributed by atoms with van der Waals surface area (Å²) in [5.41, 5.74) is 1.89. The van der Waals surface area contributed by atoms with Gasteiger partial charge in [0, 0.05) is 18.4 Å².